The molecule has 1 fully saturated rings. The molecule has 1 aromatic rings. The number of methoxy groups -OCH3 is 1. The Morgan fingerprint density at radius 1 is 1.30 bits per heavy atom. The summed E-state index contributed by atoms with van der Waals surface area (Å²) in [5.41, 5.74) is 1.18. The van der Waals surface area contributed by atoms with Gasteiger partial charge in [-0.2, -0.15) is 0 Å². The standard InChI is InChI=1S/C15H23N3O.HI/c1-16-15(17-10-12-8-9-12)18-11-14(19-2)13-6-4-3-5-7-13;/h3-7,12,14H,8-11H2,1-2H3,(H2,16,17,18);1H. The Hall–Kier alpha value is -0.820. The van der Waals surface area contributed by atoms with Gasteiger partial charge in [0.15, 0.2) is 5.96 Å². The normalized spacial score (nSPS) is 16.2. The molecule has 0 spiro atoms. The van der Waals surface area contributed by atoms with Crippen LogP contribution in [0.2, 0.25) is 0 Å². The van der Waals surface area contributed by atoms with Crippen LogP contribution in [0.15, 0.2) is 35.3 Å². The summed E-state index contributed by atoms with van der Waals surface area (Å²) in [5, 5.41) is 6.66. The smallest absolute Gasteiger partial charge is 0.191 e. The molecule has 112 valence electrons. The van der Waals surface area contributed by atoms with Gasteiger partial charge in [0.25, 0.3) is 0 Å². The van der Waals surface area contributed by atoms with Crippen LogP contribution in [0.1, 0.15) is 24.5 Å². The molecule has 0 aromatic heterocycles. The van der Waals surface area contributed by atoms with Crippen molar-refractivity contribution in [1.82, 2.24) is 10.6 Å². The SMILES string of the molecule is CN=C(NCC1CC1)NCC(OC)c1ccccc1.I. The van der Waals surface area contributed by atoms with Gasteiger partial charge in [-0.3, -0.25) is 4.99 Å². The molecule has 1 saturated carbocycles. The average molecular weight is 389 g/mol. The second-order valence-corrected chi connectivity index (χ2v) is 4.91. The molecule has 0 aliphatic heterocycles. The fourth-order valence-electron chi connectivity index (χ4n) is 1.98. The fourth-order valence-corrected chi connectivity index (χ4v) is 1.98. The minimum absolute atomic E-state index is 0. The van der Waals surface area contributed by atoms with Crippen LogP contribution in [0.25, 0.3) is 0 Å². The summed E-state index contributed by atoms with van der Waals surface area (Å²) in [5.74, 6) is 1.69. The molecule has 1 atom stereocenters. The molecule has 5 heteroatoms. The van der Waals surface area contributed by atoms with Crippen LogP contribution >= 0.6 is 24.0 Å². The largest absolute Gasteiger partial charge is 0.375 e. The summed E-state index contributed by atoms with van der Waals surface area (Å²) in [4.78, 5) is 4.23. The van der Waals surface area contributed by atoms with E-state index in [0.29, 0.717) is 6.54 Å². The average Bonchev–Trinajstić information content (AvgIpc) is 3.28. The first kappa shape index (κ1) is 17.2. The lowest BCUT2D eigenvalue weighted by Gasteiger charge is -2.18. The van der Waals surface area contributed by atoms with Crippen molar-refractivity contribution < 1.29 is 4.74 Å². The molecule has 0 radical (unpaired) electrons. The van der Waals surface area contributed by atoms with Crippen LogP contribution in [0.3, 0.4) is 0 Å². The lowest BCUT2D eigenvalue weighted by molar-refractivity contribution is 0.106. The molecule has 2 rings (SSSR count). The van der Waals surface area contributed by atoms with E-state index in [0.717, 1.165) is 18.4 Å². The summed E-state index contributed by atoms with van der Waals surface area (Å²) in [6.07, 6.45) is 2.73. The zero-order valence-corrected chi connectivity index (χ0v) is 14.5. The van der Waals surface area contributed by atoms with Crippen molar-refractivity contribution in [2.75, 3.05) is 27.2 Å². The van der Waals surface area contributed by atoms with Gasteiger partial charge in [0.05, 0.1) is 6.10 Å². The Kier molecular flexibility index (Phi) is 7.91. The number of nitrogens with one attached hydrogen (secondary N) is 2. The van der Waals surface area contributed by atoms with Crippen LogP contribution < -0.4 is 10.6 Å². The molecule has 4 nitrogen and oxygen atoms in total. The molecule has 2 N–H and O–H groups in total. The highest BCUT2D eigenvalue weighted by Crippen LogP contribution is 2.27. The van der Waals surface area contributed by atoms with Crippen LogP contribution in [-0.2, 0) is 4.74 Å². The maximum Gasteiger partial charge on any atom is 0.191 e. The number of guanidine groups is 1. The lowest BCUT2D eigenvalue weighted by atomic mass is 10.1. The third-order valence-electron chi connectivity index (χ3n) is 3.39. The van der Waals surface area contributed by atoms with Gasteiger partial charge in [-0.05, 0) is 24.3 Å². The van der Waals surface area contributed by atoms with Gasteiger partial charge in [-0.25, -0.2) is 0 Å². The minimum atomic E-state index is 0. The van der Waals surface area contributed by atoms with Gasteiger partial charge < -0.3 is 15.4 Å². The fraction of sp³-hybridized carbons (Fsp3) is 0.533. The van der Waals surface area contributed by atoms with Gasteiger partial charge in [0.2, 0.25) is 0 Å². The van der Waals surface area contributed by atoms with Crippen LogP contribution in [0.4, 0.5) is 0 Å². The summed E-state index contributed by atoms with van der Waals surface area (Å²) < 4.78 is 5.52. The molecule has 0 saturated heterocycles. The first-order chi connectivity index (χ1) is 9.33. The molecule has 0 amide bonds. The van der Waals surface area contributed by atoms with Crippen molar-refractivity contribution in [1.29, 1.82) is 0 Å². The van der Waals surface area contributed by atoms with Gasteiger partial charge in [0, 0.05) is 27.2 Å². The number of ether oxygens (including phenoxy) is 1. The Labute approximate surface area is 138 Å². The van der Waals surface area contributed by atoms with Crippen LogP contribution in [0, 0.1) is 5.92 Å². The molecular weight excluding hydrogens is 365 g/mol. The van der Waals surface area contributed by atoms with E-state index in [9.17, 15) is 0 Å². The van der Waals surface area contributed by atoms with Gasteiger partial charge in [-0.1, -0.05) is 30.3 Å². The van der Waals surface area contributed by atoms with Crippen molar-refractivity contribution in [3.8, 4) is 0 Å². The van der Waals surface area contributed by atoms with Crippen molar-refractivity contribution >= 4 is 29.9 Å². The first-order valence-electron chi connectivity index (χ1n) is 6.85. The number of hydrogen-bond acceptors (Lipinski definition) is 2. The van der Waals surface area contributed by atoms with Gasteiger partial charge in [0.1, 0.15) is 0 Å². The molecule has 0 heterocycles. The minimum Gasteiger partial charge on any atom is -0.375 e. The Bertz CT molecular complexity index is 407. The molecule has 1 aromatic carbocycles. The number of benzene rings is 1. The highest BCUT2D eigenvalue weighted by molar-refractivity contribution is 14.0. The maximum atomic E-state index is 5.52. The monoisotopic (exact) mass is 389 g/mol. The third kappa shape index (κ3) is 5.66. The van der Waals surface area contributed by atoms with E-state index >= 15 is 0 Å². The highest BCUT2D eigenvalue weighted by Gasteiger charge is 2.21. The maximum absolute atomic E-state index is 5.52. The number of halogens is 1. The van der Waals surface area contributed by atoms with Crippen LogP contribution in [0.5, 0.6) is 0 Å². The summed E-state index contributed by atoms with van der Waals surface area (Å²) in [6, 6.07) is 10.2. The van der Waals surface area contributed by atoms with Crippen LogP contribution in [-0.4, -0.2) is 33.2 Å². The summed E-state index contributed by atoms with van der Waals surface area (Å²) >= 11 is 0. The number of hydrogen-bond donors (Lipinski definition) is 2. The molecular formula is C15H24IN3O. The molecule has 0 bridgehead atoms. The van der Waals surface area contributed by atoms with Crippen molar-refractivity contribution in [3.63, 3.8) is 0 Å². The zero-order valence-electron chi connectivity index (χ0n) is 12.1. The quantitative estimate of drug-likeness (QED) is 0.447. The van der Waals surface area contributed by atoms with Crippen molar-refractivity contribution in [2.24, 2.45) is 10.9 Å². The molecule has 20 heavy (non-hydrogen) atoms. The summed E-state index contributed by atoms with van der Waals surface area (Å²) in [6.45, 7) is 1.73. The predicted molar refractivity (Wildman–Crippen MR) is 93.7 cm³/mol. The third-order valence-corrected chi connectivity index (χ3v) is 3.39. The van der Waals surface area contributed by atoms with E-state index in [1.165, 1.54) is 18.4 Å². The Morgan fingerprint density at radius 3 is 2.55 bits per heavy atom. The van der Waals surface area contributed by atoms with E-state index in [4.69, 9.17) is 4.74 Å². The number of nitrogens with zero attached hydrogens (tertiary/aromatic N) is 1. The predicted octanol–water partition coefficient (Wildman–Crippen LogP) is 2.57. The Morgan fingerprint density at radius 2 is 2.00 bits per heavy atom. The zero-order chi connectivity index (χ0) is 13.5. The second kappa shape index (κ2) is 9.18. The topological polar surface area (TPSA) is 45.7 Å². The van der Waals surface area contributed by atoms with E-state index in [1.807, 2.05) is 18.2 Å². The molecule has 1 aliphatic carbocycles. The number of rotatable bonds is 6. The number of aliphatic imine (C=N–C) groups is 1. The summed E-state index contributed by atoms with van der Waals surface area (Å²) in [7, 11) is 3.53. The molecule has 1 aliphatic rings. The van der Waals surface area contributed by atoms with E-state index in [1.54, 1.807) is 14.2 Å². The second-order valence-electron chi connectivity index (χ2n) is 4.91. The molecule has 1 unspecified atom stereocenters. The Balaban J connectivity index is 0.00000200. The van der Waals surface area contributed by atoms with E-state index in [2.05, 4.69) is 27.8 Å². The van der Waals surface area contributed by atoms with Gasteiger partial charge in [-0.15, -0.1) is 24.0 Å². The van der Waals surface area contributed by atoms with E-state index < -0.39 is 0 Å². The first-order valence-corrected chi connectivity index (χ1v) is 6.85. The highest BCUT2D eigenvalue weighted by atomic mass is 127. The lowest BCUT2D eigenvalue weighted by Crippen LogP contribution is -2.40. The van der Waals surface area contributed by atoms with E-state index in [-0.39, 0.29) is 30.1 Å². The van der Waals surface area contributed by atoms with Crippen molar-refractivity contribution in [2.45, 2.75) is 18.9 Å². The van der Waals surface area contributed by atoms with Gasteiger partial charge >= 0.3 is 0 Å². The van der Waals surface area contributed by atoms with Crippen molar-refractivity contribution in [3.05, 3.63) is 35.9 Å².